The van der Waals surface area contributed by atoms with E-state index in [0.717, 1.165) is 30.4 Å². The highest BCUT2D eigenvalue weighted by Crippen LogP contribution is 2.45. The summed E-state index contributed by atoms with van der Waals surface area (Å²) >= 11 is 0. The zero-order valence-corrected chi connectivity index (χ0v) is 20.5. The summed E-state index contributed by atoms with van der Waals surface area (Å²) in [5.74, 6) is 6.11. The molecule has 0 bridgehead atoms. The van der Waals surface area contributed by atoms with Crippen molar-refractivity contribution in [2.45, 2.75) is 76.9 Å². The number of nitrogens with zero attached hydrogens (tertiary/aromatic N) is 1. The van der Waals surface area contributed by atoms with Crippen LogP contribution in [0.5, 0.6) is 0 Å². The maximum absolute atomic E-state index is 12.9. The van der Waals surface area contributed by atoms with Gasteiger partial charge in [0.15, 0.2) is 5.60 Å². The number of esters is 1. The van der Waals surface area contributed by atoms with Gasteiger partial charge in [-0.1, -0.05) is 25.0 Å². The Kier molecular flexibility index (Phi) is 8.98. The lowest BCUT2D eigenvalue weighted by atomic mass is 9.72. The Morgan fingerprint density at radius 2 is 2.06 bits per heavy atom. The van der Waals surface area contributed by atoms with Crippen molar-refractivity contribution in [2.24, 2.45) is 5.92 Å². The monoisotopic (exact) mass is 468 g/mol. The molecule has 0 aromatic heterocycles. The number of rotatable bonds is 7. The van der Waals surface area contributed by atoms with Crippen LogP contribution < -0.4 is 5.32 Å². The molecule has 7 heteroatoms. The number of hydrogen-bond acceptors (Lipinski definition) is 5. The van der Waals surface area contributed by atoms with Gasteiger partial charge in [0.05, 0.1) is 7.11 Å². The molecule has 3 atom stereocenters. The molecule has 0 spiro atoms. The maximum atomic E-state index is 12.9. The van der Waals surface area contributed by atoms with E-state index in [9.17, 15) is 14.4 Å². The molecule has 1 N–H and O–H groups in total. The van der Waals surface area contributed by atoms with Crippen LogP contribution in [-0.4, -0.2) is 54.7 Å². The highest BCUT2D eigenvalue weighted by Gasteiger charge is 2.53. The van der Waals surface area contributed by atoms with Gasteiger partial charge in [-0.15, -0.1) is 0 Å². The molecule has 34 heavy (non-hydrogen) atoms. The van der Waals surface area contributed by atoms with Crippen molar-refractivity contribution < 1.29 is 23.9 Å². The molecule has 2 fully saturated rings. The molecule has 1 saturated carbocycles. The molecule has 1 aromatic rings. The number of ether oxygens (including phenoxy) is 2. The second-order valence-electron chi connectivity index (χ2n) is 9.20. The highest BCUT2D eigenvalue weighted by molar-refractivity contribution is 5.77. The molecule has 2 aliphatic rings. The van der Waals surface area contributed by atoms with E-state index in [0.29, 0.717) is 38.8 Å². The fraction of sp³-hybridized carbons (Fsp3) is 0.593. The van der Waals surface area contributed by atoms with Crippen molar-refractivity contribution in [3.63, 3.8) is 0 Å². The van der Waals surface area contributed by atoms with Crippen LogP contribution in [0.1, 0.15) is 69.4 Å². The normalized spacial score (nSPS) is 23.3. The summed E-state index contributed by atoms with van der Waals surface area (Å²) in [5, 5.41) is 2.83. The summed E-state index contributed by atoms with van der Waals surface area (Å²) in [7, 11) is 1.39. The topological polar surface area (TPSA) is 84.9 Å². The summed E-state index contributed by atoms with van der Waals surface area (Å²) in [5.41, 5.74) is 1.02. The molecule has 1 aromatic carbocycles. The minimum atomic E-state index is -0.961. The van der Waals surface area contributed by atoms with Gasteiger partial charge in [0.2, 0.25) is 5.91 Å². The smallest absolute Gasteiger partial charge is 0.409 e. The minimum absolute atomic E-state index is 0.0501. The Balaban J connectivity index is 1.78. The predicted molar refractivity (Wildman–Crippen MR) is 129 cm³/mol. The van der Waals surface area contributed by atoms with E-state index in [1.807, 2.05) is 38.1 Å². The first-order valence-corrected chi connectivity index (χ1v) is 12.3. The van der Waals surface area contributed by atoms with Crippen molar-refractivity contribution >= 4 is 18.0 Å². The number of aryl methyl sites for hydroxylation is 1. The van der Waals surface area contributed by atoms with Gasteiger partial charge < -0.3 is 19.7 Å². The van der Waals surface area contributed by atoms with Crippen molar-refractivity contribution in [2.75, 3.05) is 20.2 Å². The highest BCUT2D eigenvalue weighted by atomic mass is 16.6. The van der Waals surface area contributed by atoms with Crippen LogP contribution in [0.25, 0.3) is 0 Å². The van der Waals surface area contributed by atoms with Gasteiger partial charge in [0, 0.05) is 43.5 Å². The van der Waals surface area contributed by atoms with E-state index in [-0.39, 0.29) is 36.4 Å². The third-order valence-corrected chi connectivity index (χ3v) is 6.69. The van der Waals surface area contributed by atoms with Gasteiger partial charge in [0.1, 0.15) is 0 Å². The molecular formula is C27H36N2O5. The summed E-state index contributed by atoms with van der Waals surface area (Å²) < 4.78 is 11.1. The van der Waals surface area contributed by atoms with E-state index in [1.54, 1.807) is 4.90 Å². The number of likely N-dealkylation sites (tertiary alicyclic amines) is 1. The third kappa shape index (κ3) is 6.31. The van der Waals surface area contributed by atoms with Crippen molar-refractivity contribution in [1.29, 1.82) is 0 Å². The molecule has 184 valence electrons. The van der Waals surface area contributed by atoms with E-state index < -0.39 is 5.60 Å². The Hall–Kier alpha value is -3.01. The number of amides is 2. The molecule has 3 rings (SSSR count). The zero-order chi connectivity index (χ0) is 24.6. The Morgan fingerprint density at radius 3 is 2.79 bits per heavy atom. The Labute approximate surface area is 202 Å². The van der Waals surface area contributed by atoms with Gasteiger partial charge in [-0.3, -0.25) is 9.59 Å². The minimum Gasteiger partial charge on any atom is -0.453 e. The number of nitrogens with one attached hydrogen (secondary N) is 1. The number of methoxy groups -OCH3 is 1. The molecule has 2 amide bonds. The summed E-state index contributed by atoms with van der Waals surface area (Å²) in [6, 6.07) is 7.85. The largest absolute Gasteiger partial charge is 0.453 e. The number of fused-ring (bicyclic) bond motifs is 1. The van der Waals surface area contributed by atoms with E-state index in [2.05, 4.69) is 17.2 Å². The first kappa shape index (κ1) is 25.6. The lowest BCUT2D eigenvalue weighted by Crippen LogP contribution is -2.51. The van der Waals surface area contributed by atoms with Crippen LogP contribution >= 0.6 is 0 Å². The number of hydrogen-bond donors (Lipinski definition) is 1. The van der Waals surface area contributed by atoms with Crippen LogP contribution in [0.4, 0.5) is 4.79 Å². The number of carbonyl (C=O) groups excluding carboxylic acids is 3. The first-order valence-electron chi connectivity index (χ1n) is 12.3. The molecule has 7 nitrogen and oxygen atoms in total. The van der Waals surface area contributed by atoms with Crippen LogP contribution in [-0.2, 0) is 19.1 Å². The van der Waals surface area contributed by atoms with Crippen LogP contribution in [0.2, 0.25) is 0 Å². The van der Waals surface area contributed by atoms with Crippen molar-refractivity contribution in [3.05, 3.63) is 35.4 Å². The Bertz CT molecular complexity index is 950. The van der Waals surface area contributed by atoms with Crippen LogP contribution in [0, 0.1) is 24.7 Å². The van der Waals surface area contributed by atoms with Crippen LogP contribution in [0.3, 0.4) is 0 Å². The molecule has 1 aliphatic carbocycles. The fourth-order valence-electron chi connectivity index (χ4n) is 5.07. The number of benzene rings is 1. The predicted octanol–water partition coefficient (Wildman–Crippen LogP) is 3.97. The third-order valence-electron chi connectivity index (χ3n) is 6.69. The maximum Gasteiger partial charge on any atom is 0.409 e. The summed E-state index contributed by atoms with van der Waals surface area (Å²) in [6.07, 6.45) is 4.37. The van der Waals surface area contributed by atoms with Gasteiger partial charge in [-0.05, 0) is 69.1 Å². The van der Waals surface area contributed by atoms with Crippen LogP contribution in [0.15, 0.2) is 24.3 Å². The Morgan fingerprint density at radius 1 is 1.24 bits per heavy atom. The van der Waals surface area contributed by atoms with E-state index in [1.165, 1.54) is 7.11 Å². The van der Waals surface area contributed by atoms with Gasteiger partial charge in [-0.25, -0.2) is 4.79 Å². The average molecular weight is 469 g/mol. The lowest BCUT2D eigenvalue weighted by Gasteiger charge is -2.42. The molecular weight excluding hydrogens is 432 g/mol. The second kappa shape index (κ2) is 11.9. The lowest BCUT2D eigenvalue weighted by molar-refractivity contribution is -0.162. The van der Waals surface area contributed by atoms with E-state index in [4.69, 9.17) is 9.47 Å². The molecule has 0 radical (unpaired) electrons. The fourth-order valence-corrected chi connectivity index (χ4v) is 5.07. The molecule has 1 saturated heterocycles. The van der Waals surface area contributed by atoms with Gasteiger partial charge in [-0.2, -0.15) is 0 Å². The first-order chi connectivity index (χ1) is 16.4. The van der Waals surface area contributed by atoms with E-state index >= 15 is 0 Å². The summed E-state index contributed by atoms with van der Waals surface area (Å²) in [4.78, 5) is 38.8. The standard InChI is InChI=1S/C27H36N2O5/c1-4-17-28-24(30)11-6-12-25(31)34-27(16-13-21-9-5-8-20(2)19-21)15-7-10-23-22(27)14-18-29(23)26(32)33-3/h5,8-9,19,22-23H,4,6-7,10-12,14-15,17-18H2,1-3H3,(H,28,30). The second-order valence-corrected chi connectivity index (χ2v) is 9.20. The van der Waals surface area contributed by atoms with Gasteiger partial charge >= 0.3 is 12.1 Å². The van der Waals surface area contributed by atoms with Crippen molar-refractivity contribution in [3.8, 4) is 11.8 Å². The molecule has 1 aliphatic heterocycles. The SMILES string of the molecule is CCCNC(=O)CCCC(=O)OC1(C#Cc2cccc(C)c2)CCCC2C1CCN2C(=O)OC. The average Bonchev–Trinajstić information content (AvgIpc) is 3.27. The quantitative estimate of drug-likeness (QED) is 0.484. The number of carbonyl (C=O) groups is 3. The molecule has 1 heterocycles. The summed E-state index contributed by atoms with van der Waals surface area (Å²) in [6.45, 7) is 5.21. The molecule has 3 unspecified atom stereocenters. The van der Waals surface area contributed by atoms with Gasteiger partial charge in [0.25, 0.3) is 0 Å². The van der Waals surface area contributed by atoms with Crippen molar-refractivity contribution in [1.82, 2.24) is 10.2 Å². The zero-order valence-electron chi connectivity index (χ0n) is 20.5.